The topological polar surface area (TPSA) is 46.5 Å². The Morgan fingerprint density at radius 1 is 1.00 bits per heavy atom. The zero-order chi connectivity index (χ0) is 15.5. The lowest BCUT2D eigenvalue weighted by molar-refractivity contribution is -0.188. The molecule has 3 nitrogen and oxygen atoms in total. The van der Waals surface area contributed by atoms with Crippen LogP contribution in [-0.4, -0.2) is 23.3 Å². The summed E-state index contributed by atoms with van der Waals surface area (Å²) in [5, 5.41) is 9.99. The number of aliphatic hydroxyl groups is 1. The molecule has 0 aliphatic carbocycles. The van der Waals surface area contributed by atoms with E-state index in [4.69, 9.17) is 4.74 Å². The first-order chi connectivity index (χ1) is 10.2. The highest BCUT2D eigenvalue weighted by molar-refractivity contribution is 5.78. The van der Waals surface area contributed by atoms with Crippen molar-refractivity contribution in [3.05, 3.63) is 0 Å². The van der Waals surface area contributed by atoms with Gasteiger partial charge in [-0.1, -0.05) is 71.6 Å². The van der Waals surface area contributed by atoms with Crippen molar-refractivity contribution in [1.29, 1.82) is 0 Å². The quantitative estimate of drug-likeness (QED) is 0.399. The first-order valence-electron chi connectivity index (χ1n) is 9.07. The lowest BCUT2D eigenvalue weighted by Crippen LogP contribution is -2.46. The van der Waals surface area contributed by atoms with Crippen LogP contribution in [0.4, 0.5) is 0 Å². The third kappa shape index (κ3) is 7.30. The van der Waals surface area contributed by atoms with Gasteiger partial charge in [-0.15, -0.1) is 0 Å². The van der Waals surface area contributed by atoms with Crippen molar-refractivity contribution in [1.82, 2.24) is 0 Å². The second-order valence-electron chi connectivity index (χ2n) is 6.50. The summed E-state index contributed by atoms with van der Waals surface area (Å²) in [5.74, 6) is -0.0551. The number of hydrogen-bond donors (Lipinski definition) is 1. The van der Waals surface area contributed by atoms with Crippen LogP contribution in [0.1, 0.15) is 90.9 Å². The smallest absolute Gasteiger partial charge is 0.313 e. The second kappa shape index (κ2) is 11.1. The average Bonchev–Trinajstić information content (AvgIpc) is 2.45. The summed E-state index contributed by atoms with van der Waals surface area (Å²) < 4.78 is 5.11. The SMILES string of the molecule is CCCCCCCCCCC[C@@H](O)C[C@@H]1OC(=O)[C@H]1CC. The van der Waals surface area contributed by atoms with Crippen molar-refractivity contribution < 1.29 is 14.6 Å². The standard InChI is InChI=1S/C18H34O3/c1-3-5-6-7-8-9-10-11-12-13-15(19)14-17-16(4-2)18(20)21-17/h15-17,19H,3-14H2,1-2H3/t15-,16+,17+/m1/s1. The van der Waals surface area contributed by atoms with E-state index in [-0.39, 0.29) is 24.1 Å². The Morgan fingerprint density at radius 2 is 1.57 bits per heavy atom. The molecule has 1 aliphatic rings. The van der Waals surface area contributed by atoms with Crippen LogP contribution in [0.3, 0.4) is 0 Å². The minimum absolute atomic E-state index is 0.0303. The van der Waals surface area contributed by atoms with Crippen molar-refractivity contribution >= 4 is 5.97 Å². The Balaban J connectivity index is 1.90. The summed E-state index contributed by atoms with van der Waals surface area (Å²) in [6.07, 6.45) is 13.7. The summed E-state index contributed by atoms with van der Waals surface area (Å²) in [6.45, 7) is 4.25. The van der Waals surface area contributed by atoms with E-state index in [0.29, 0.717) is 6.42 Å². The number of cyclic esters (lactones) is 1. The highest BCUT2D eigenvalue weighted by Crippen LogP contribution is 2.29. The number of aliphatic hydroxyl groups excluding tert-OH is 1. The number of rotatable bonds is 13. The van der Waals surface area contributed by atoms with Gasteiger partial charge in [-0.25, -0.2) is 0 Å². The van der Waals surface area contributed by atoms with Crippen LogP contribution in [0, 0.1) is 5.92 Å². The number of ether oxygens (including phenoxy) is 1. The fraction of sp³-hybridized carbons (Fsp3) is 0.944. The molecule has 0 amide bonds. The normalized spacial score (nSPS) is 22.7. The van der Waals surface area contributed by atoms with Crippen LogP contribution in [0.2, 0.25) is 0 Å². The van der Waals surface area contributed by atoms with E-state index >= 15 is 0 Å². The molecule has 1 rings (SSSR count). The Hall–Kier alpha value is -0.570. The van der Waals surface area contributed by atoms with E-state index in [2.05, 4.69) is 6.92 Å². The third-order valence-corrected chi connectivity index (χ3v) is 4.60. The van der Waals surface area contributed by atoms with E-state index in [1.165, 1.54) is 51.4 Å². The van der Waals surface area contributed by atoms with Crippen molar-refractivity contribution in [2.45, 2.75) is 103 Å². The number of carbonyl (C=O) groups excluding carboxylic acids is 1. The summed E-state index contributed by atoms with van der Waals surface area (Å²) in [7, 11) is 0. The Labute approximate surface area is 130 Å². The molecule has 0 saturated carbocycles. The van der Waals surface area contributed by atoms with E-state index < -0.39 is 0 Å². The maximum atomic E-state index is 11.2. The van der Waals surface area contributed by atoms with Gasteiger partial charge in [0.15, 0.2) is 0 Å². The van der Waals surface area contributed by atoms with Gasteiger partial charge in [-0.3, -0.25) is 4.79 Å². The van der Waals surface area contributed by atoms with E-state index in [9.17, 15) is 9.90 Å². The Kier molecular flexibility index (Phi) is 9.73. The zero-order valence-electron chi connectivity index (χ0n) is 14.0. The zero-order valence-corrected chi connectivity index (χ0v) is 14.0. The van der Waals surface area contributed by atoms with Crippen LogP contribution in [0.5, 0.6) is 0 Å². The number of esters is 1. The van der Waals surface area contributed by atoms with Gasteiger partial charge in [0.05, 0.1) is 12.0 Å². The molecule has 1 saturated heterocycles. The molecule has 3 atom stereocenters. The Bertz CT molecular complexity index is 278. The fourth-order valence-electron chi connectivity index (χ4n) is 3.12. The fourth-order valence-corrected chi connectivity index (χ4v) is 3.12. The molecule has 0 bridgehead atoms. The monoisotopic (exact) mass is 298 g/mol. The molecule has 21 heavy (non-hydrogen) atoms. The van der Waals surface area contributed by atoms with Gasteiger partial charge in [0.1, 0.15) is 6.10 Å². The summed E-state index contributed by atoms with van der Waals surface area (Å²) in [4.78, 5) is 11.2. The van der Waals surface area contributed by atoms with Gasteiger partial charge in [0.2, 0.25) is 0 Å². The minimum atomic E-state index is -0.304. The van der Waals surface area contributed by atoms with Gasteiger partial charge >= 0.3 is 5.97 Å². The van der Waals surface area contributed by atoms with Gasteiger partial charge in [-0.2, -0.15) is 0 Å². The van der Waals surface area contributed by atoms with E-state index in [1.807, 2.05) is 6.92 Å². The van der Waals surface area contributed by atoms with Crippen molar-refractivity contribution in [2.75, 3.05) is 0 Å². The molecular weight excluding hydrogens is 264 g/mol. The third-order valence-electron chi connectivity index (χ3n) is 4.60. The molecule has 1 aliphatic heterocycles. The van der Waals surface area contributed by atoms with Gasteiger partial charge in [0, 0.05) is 6.42 Å². The highest BCUT2D eigenvalue weighted by Gasteiger charge is 2.41. The first kappa shape index (κ1) is 18.5. The van der Waals surface area contributed by atoms with Crippen LogP contribution in [-0.2, 0) is 9.53 Å². The molecule has 0 aromatic rings. The maximum Gasteiger partial charge on any atom is 0.313 e. The van der Waals surface area contributed by atoms with E-state index in [1.54, 1.807) is 0 Å². The Morgan fingerprint density at radius 3 is 2.10 bits per heavy atom. The number of hydrogen-bond acceptors (Lipinski definition) is 3. The van der Waals surface area contributed by atoms with Gasteiger partial charge < -0.3 is 9.84 Å². The minimum Gasteiger partial charge on any atom is -0.461 e. The molecule has 0 aromatic carbocycles. The molecule has 0 spiro atoms. The van der Waals surface area contributed by atoms with Crippen molar-refractivity contribution in [3.8, 4) is 0 Å². The summed E-state index contributed by atoms with van der Waals surface area (Å²) in [6, 6.07) is 0. The largest absolute Gasteiger partial charge is 0.461 e. The summed E-state index contributed by atoms with van der Waals surface area (Å²) >= 11 is 0. The molecule has 1 fully saturated rings. The highest BCUT2D eigenvalue weighted by atomic mass is 16.6. The molecule has 1 N–H and O–H groups in total. The average molecular weight is 298 g/mol. The molecular formula is C18H34O3. The number of carbonyl (C=O) groups is 1. The van der Waals surface area contributed by atoms with Crippen molar-refractivity contribution in [3.63, 3.8) is 0 Å². The van der Waals surface area contributed by atoms with Gasteiger partial charge in [-0.05, 0) is 12.8 Å². The second-order valence-corrected chi connectivity index (χ2v) is 6.50. The predicted molar refractivity (Wildman–Crippen MR) is 86.1 cm³/mol. The molecule has 0 radical (unpaired) electrons. The van der Waals surface area contributed by atoms with E-state index in [0.717, 1.165) is 19.3 Å². The van der Waals surface area contributed by atoms with Crippen LogP contribution in [0.25, 0.3) is 0 Å². The molecule has 1 heterocycles. The van der Waals surface area contributed by atoms with Crippen LogP contribution >= 0.6 is 0 Å². The van der Waals surface area contributed by atoms with Gasteiger partial charge in [0.25, 0.3) is 0 Å². The molecule has 0 aromatic heterocycles. The summed E-state index contributed by atoms with van der Waals surface area (Å²) in [5.41, 5.74) is 0. The van der Waals surface area contributed by atoms with Crippen LogP contribution < -0.4 is 0 Å². The van der Waals surface area contributed by atoms with Crippen LogP contribution in [0.15, 0.2) is 0 Å². The van der Waals surface area contributed by atoms with Crippen molar-refractivity contribution in [2.24, 2.45) is 5.92 Å². The molecule has 0 unspecified atom stereocenters. The maximum absolute atomic E-state index is 11.2. The predicted octanol–water partition coefficient (Wildman–Crippen LogP) is 4.61. The first-order valence-corrected chi connectivity index (χ1v) is 9.07. The number of unbranched alkanes of at least 4 members (excludes halogenated alkanes) is 8. The molecule has 3 heteroatoms. The lowest BCUT2D eigenvalue weighted by atomic mass is 9.89. The molecule has 124 valence electrons. The lowest BCUT2D eigenvalue weighted by Gasteiger charge is -2.35.